The largest absolute Gasteiger partial charge is 0.312 e. The van der Waals surface area contributed by atoms with Gasteiger partial charge in [-0.1, -0.05) is 57.2 Å². The number of nitrogens with zero attached hydrogens (tertiary/aromatic N) is 2. The van der Waals surface area contributed by atoms with E-state index in [1.54, 1.807) is 0 Å². The molecular weight excluding hydrogens is 442 g/mol. The molecule has 0 atom stereocenters. The molecule has 1 aliphatic rings. The van der Waals surface area contributed by atoms with Crippen molar-refractivity contribution in [1.29, 1.82) is 0 Å². The van der Waals surface area contributed by atoms with Crippen molar-refractivity contribution in [3.63, 3.8) is 0 Å². The van der Waals surface area contributed by atoms with Crippen LogP contribution in [0.5, 0.6) is 0 Å². The Kier molecular flexibility index (Phi) is 5.70. The molecule has 0 radical (unpaired) electrons. The minimum absolute atomic E-state index is 0.0337. The van der Waals surface area contributed by atoms with Crippen LogP contribution in [-0.2, 0) is 11.2 Å². The first kappa shape index (κ1) is 22.3. The van der Waals surface area contributed by atoms with Crippen molar-refractivity contribution >= 4 is 44.7 Å². The maximum atomic E-state index is 12.8. The highest BCUT2D eigenvalue weighted by Crippen LogP contribution is 2.35. The average molecular weight is 470 g/mol. The molecule has 0 unspecified atom stereocenters. The van der Waals surface area contributed by atoms with Gasteiger partial charge in [-0.2, -0.15) is 0 Å². The number of aromatic nitrogens is 1. The summed E-state index contributed by atoms with van der Waals surface area (Å²) < 4.78 is 0. The quantitative estimate of drug-likeness (QED) is 0.369. The van der Waals surface area contributed by atoms with E-state index in [0.717, 1.165) is 46.2 Å². The van der Waals surface area contributed by atoms with Crippen LogP contribution in [0.2, 0.25) is 0 Å². The number of fused-ring (bicyclic) bond motifs is 2. The van der Waals surface area contributed by atoms with Gasteiger partial charge in [0, 0.05) is 35.2 Å². The monoisotopic (exact) mass is 469 g/mol. The predicted octanol–water partition coefficient (Wildman–Crippen LogP) is 6.54. The number of carbonyl (C=O) groups excluding carboxylic acids is 2. The van der Waals surface area contributed by atoms with Gasteiger partial charge in [-0.05, 0) is 52.4 Å². The third-order valence-electron chi connectivity index (χ3n) is 5.99. The number of benzene rings is 3. The molecular formula is C28H27N3O2S. The third kappa shape index (κ3) is 4.59. The Morgan fingerprint density at radius 3 is 2.62 bits per heavy atom. The second kappa shape index (κ2) is 8.69. The zero-order chi connectivity index (χ0) is 23.9. The van der Waals surface area contributed by atoms with Gasteiger partial charge in [0.1, 0.15) is 0 Å². The lowest BCUT2D eigenvalue weighted by Crippen LogP contribution is -2.31. The molecule has 6 heteroatoms. The number of carbonyl (C=O) groups is 2. The number of amides is 2. The molecule has 0 bridgehead atoms. The lowest BCUT2D eigenvalue weighted by molar-refractivity contribution is -0.120. The van der Waals surface area contributed by atoms with Crippen LogP contribution in [-0.4, -0.2) is 23.3 Å². The zero-order valence-corrected chi connectivity index (χ0v) is 20.4. The SMILES string of the molecule is CC(C)(C)CC(=O)N1CCc2cc(-c3csc(NC(=O)c4ccc5ccccc5c4)n3)ccc21. The first-order valence-corrected chi connectivity index (χ1v) is 12.3. The van der Waals surface area contributed by atoms with Gasteiger partial charge in [0.2, 0.25) is 5.91 Å². The summed E-state index contributed by atoms with van der Waals surface area (Å²) in [5.74, 6) is -0.0000403. The van der Waals surface area contributed by atoms with E-state index < -0.39 is 0 Å². The Morgan fingerprint density at radius 1 is 1.03 bits per heavy atom. The summed E-state index contributed by atoms with van der Waals surface area (Å²) in [5, 5.41) is 7.58. The smallest absolute Gasteiger partial charge is 0.257 e. The predicted molar refractivity (Wildman–Crippen MR) is 140 cm³/mol. The summed E-state index contributed by atoms with van der Waals surface area (Å²) in [6, 6.07) is 19.8. The fourth-order valence-corrected chi connectivity index (χ4v) is 5.05. The molecule has 1 aliphatic heterocycles. The van der Waals surface area contributed by atoms with Gasteiger partial charge in [-0.15, -0.1) is 11.3 Å². The molecule has 1 N–H and O–H groups in total. The van der Waals surface area contributed by atoms with Crippen LogP contribution in [0.3, 0.4) is 0 Å². The van der Waals surface area contributed by atoms with Gasteiger partial charge in [0.25, 0.3) is 5.91 Å². The standard InChI is InChI=1S/C28H27N3O2S/c1-28(2,3)16-25(32)31-13-12-21-15-20(10-11-24(21)31)23-17-34-27(29-23)30-26(33)22-9-8-18-6-4-5-7-19(18)14-22/h4-11,14-15,17H,12-13,16H2,1-3H3,(H,29,30,33). The molecule has 172 valence electrons. The molecule has 0 aliphatic carbocycles. The van der Waals surface area contributed by atoms with Gasteiger partial charge < -0.3 is 4.90 Å². The molecule has 1 aromatic heterocycles. The highest BCUT2D eigenvalue weighted by atomic mass is 32.1. The van der Waals surface area contributed by atoms with Crippen molar-refractivity contribution in [2.75, 3.05) is 16.8 Å². The molecule has 0 spiro atoms. The van der Waals surface area contributed by atoms with Gasteiger partial charge in [0.15, 0.2) is 5.13 Å². The Bertz CT molecular complexity index is 1400. The second-order valence-electron chi connectivity index (χ2n) is 9.93. The highest BCUT2D eigenvalue weighted by Gasteiger charge is 2.28. The first-order valence-electron chi connectivity index (χ1n) is 11.5. The molecule has 0 saturated carbocycles. The number of anilines is 2. The van der Waals surface area contributed by atoms with E-state index in [9.17, 15) is 9.59 Å². The lowest BCUT2D eigenvalue weighted by Gasteiger charge is -2.23. The molecule has 2 heterocycles. The number of thiazole rings is 1. The van der Waals surface area contributed by atoms with Crippen LogP contribution in [0.25, 0.3) is 22.0 Å². The molecule has 5 nitrogen and oxygen atoms in total. The van der Waals surface area contributed by atoms with Gasteiger partial charge in [-0.25, -0.2) is 4.98 Å². The summed E-state index contributed by atoms with van der Waals surface area (Å²) in [5.41, 5.74) is 4.54. The van der Waals surface area contributed by atoms with Crippen LogP contribution in [0, 0.1) is 5.41 Å². The van der Waals surface area contributed by atoms with Crippen molar-refractivity contribution in [1.82, 2.24) is 4.98 Å². The second-order valence-corrected chi connectivity index (χ2v) is 10.8. The molecule has 2 amide bonds. The number of nitrogens with one attached hydrogen (secondary N) is 1. The lowest BCUT2D eigenvalue weighted by atomic mass is 9.91. The molecule has 0 fully saturated rings. The normalized spacial score (nSPS) is 13.2. The van der Waals surface area contributed by atoms with E-state index in [2.05, 4.69) is 37.1 Å². The molecule has 5 rings (SSSR count). The van der Waals surface area contributed by atoms with E-state index in [1.165, 1.54) is 11.3 Å². The number of hydrogen-bond donors (Lipinski definition) is 1. The van der Waals surface area contributed by atoms with E-state index in [4.69, 9.17) is 0 Å². The fourth-order valence-electron chi connectivity index (χ4n) is 4.33. The van der Waals surface area contributed by atoms with Crippen molar-refractivity contribution in [3.8, 4) is 11.3 Å². The number of rotatable bonds is 4. The molecule has 3 aromatic carbocycles. The summed E-state index contributed by atoms with van der Waals surface area (Å²) in [6.07, 6.45) is 1.37. The first-order chi connectivity index (χ1) is 16.3. The maximum absolute atomic E-state index is 12.8. The molecule has 4 aromatic rings. The summed E-state index contributed by atoms with van der Waals surface area (Å²) >= 11 is 1.41. The Hall–Kier alpha value is -3.51. The Labute approximate surface area is 203 Å². The van der Waals surface area contributed by atoms with Gasteiger partial charge in [0.05, 0.1) is 5.69 Å². The average Bonchev–Trinajstić information content (AvgIpc) is 3.44. The van der Waals surface area contributed by atoms with E-state index in [0.29, 0.717) is 17.1 Å². The van der Waals surface area contributed by atoms with Crippen LogP contribution < -0.4 is 10.2 Å². The van der Waals surface area contributed by atoms with Crippen LogP contribution in [0.4, 0.5) is 10.8 Å². The van der Waals surface area contributed by atoms with Crippen LogP contribution >= 0.6 is 11.3 Å². The van der Waals surface area contributed by atoms with Crippen LogP contribution in [0.1, 0.15) is 43.1 Å². The van der Waals surface area contributed by atoms with Crippen molar-refractivity contribution in [2.24, 2.45) is 5.41 Å². The maximum Gasteiger partial charge on any atom is 0.257 e. The highest BCUT2D eigenvalue weighted by molar-refractivity contribution is 7.14. The minimum Gasteiger partial charge on any atom is -0.312 e. The minimum atomic E-state index is -0.173. The van der Waals surface area contributed by atoms with E-state index >= 15 is 0 Å². The zero-order valence-electron chi connectivity index (χ0n) is 19.6. The van der Waals surface area contributed by atoms with Crippen molar-refractivity contribution < 1.29 is 9.59 Å². The summed E-state index contributed by atoms with van der Waals surface area (Å²) in [6.45, 7) is 6.98. The van der Waals surface area contributed by atoms with Gasteiger partial charge >= 0.3 is 0 Å². The Morgan fingerprint density at radius 2 is 1.82 bits per heavy atom. The Balaban J connectivity index is 1.31. The topological polar surface area (TPSA) is 62.3 Å². The van der Waals surface area contributed by atoms with Gasteiger partial charge in [-0.3, -0.25) is 14.9 Å². The summed E-state index contributed by atoms with van der Waals surface area (Å²) in [7, 11) is 0. The van der Waals surface area contributed by atoms with E-state index in [1.807, 2.05) is 64.9 Å². The molecule has 0 saturated heterocycles. The van der Waals surface area contributed by atoms with Crippen molar-refractivity contribution in [3.05, 3.63) is 77.2 Å². The number of hydrogen-bond acceptors (Lipinski definition) is 4. The van der Waals surface area contributed by atoms with Crippen molar-refractivity contribution in [2.45, 2.75) is 33.6 Å². The third-order valence-corrected chi connectivity index (χ3v) is 6.75. The van der Waals surface area contributed by atoms with E-state index in [-0.39, 0.29) is 17.2 Å². The summed E-state index contributed by atoms with van der Waals surface area (Å²) in [4.78, 5) is 32.1. The fraction of sp³-hybridized carbons (Fsp3) is 0.250. The van der Waals surface area contributed by atoms with Crippen LogP contribution in [0.15, 0.2) is 66.0 Å². The molecule has 34 heavy (non-hydrogen) atoms.